The van der Waals surface area contributed by atoms with E-state index in [1.165, 1.54) is 21.5 Å². The van der Waals surface area contributed by atoms with Crippen LogP contribution in [0.1, 0.15) is 0 Å². The molecule has 0 aliphatic carbocycles. The quantitative estimate of drug-likeness (QED) is 0.319. The lowest BCUT2D eigenvalue weighted by molar-refractivity contribution is 1.09. The number of hydrazine groups is 1. The second-order valence-electron chi connectivity index (χ2n) is 5.40. The lowest BCUT2D eigenvalue weighted by atomic mass is 10.0. The van der Waals surface area contributed by atoms with Gasteiger partial charge in [0.2, 0.25) is 0 Å². The van der Waals surface area contributed by atoms with E-state index in [2.05, 4.69) is 54.6 Å². The summed E-state index contributed by atoms with van der Waals surface area (Å²) in [5, 5.41) is 6.67. The van der Waals surface area contributed by atoms with E-state index in [4.69, 9.17) is 5.84 Å². The molecule has 2 heteroatoms. The number of nitrogens with two attached hydrogens (primary N) is 1. The van der Waals surface area contributed by atoms with Gasteiger partial charge in [0.1, 0.15) is 0 Å². The summed E-state index contributed by atoms with van der Waals surface area (Å²) in [5.74, 6) is 6.28. The van der Waals surface area contributed by atoms with Crippen LogP contribution in [0.25, 0.3) is 21.5 Å². The zero-order valence-corrected chi connectivity index (χ0v) is 12.1. The zero-order valence-electron chi connectivity index (χ0n) is 12.1. The minimum atomic E-state index is 0.974. The number of nitrogens with zero attached hydrogens (tertiary/aromatic N) is 1. The SMILES string of the molecule is NN(c1ccccc1)c1ccc2ccc3ccccc3c2c1. The molecule has 4 aromatic rings. The zero-order chi connectivity index (χ0) is 14.9. The van der Waals surface area contributed by atoms with Gasteiger partial charge in [-0.2, -0.15) is 0 Å². The topological polar surface area (TPSA) is 29.3 Å². The van der Waals surface area contributed by atoms with Crippen LogP contribution in [-0.4, -0.2) is 0 Å². The number of hydrogen-bond acceptors (Lipinski definition) is 2. The first-order valence-corrected chi connectivity index (χ1v) is 7.34. The minimum Gasteiger partial charge on any atom is -0.280 e. The fraction of sp³-hybridized carbons (Fsp3) is 0. The van der Waals surface area contributed by atoms with E-state index in [-0.39, 0.29) is 0 Å². The number of rotatable bonds is 2. The molecule has 0 heterocycles. The largest absolute Gasteiger partial charge is 0.280 e. The standard InChI is InChI=1S/C20H16N2/c21-22(17-7-2-1-3-8-17)18-13-12-16-11-10-15-6-4-5-9-19(15)20(16)14-18/h1-14H,21H2. The van der Waals surface area contributed by atoms with Crippen molar-refractivity contribution in [2.45, 2.75) is 0 Å². The number of hydrogen-bond donors (Lipinski definition) is 1. The second kappa shape index (κ2) is 5.17. The van der Waals surface area contributed by atoms with Gasteiger partial charge in [-0.1, -0.05) is 60.7 Å². The van der Waals surface area contributed by atoms with Gasteiger partial charge in [0.15, 0.2) is 0 Å². The molecule has 0 saturated carbocycles. The van der Waals surface area contributed by atoms with Crippen LogP contribution in [0.3, 0.4) is 0 Å². The maximum absolute atomic E-state index is 6.28. The van der Waals surface area contributed by atoms with Gasteiger partial charge in [0.25, 0.3) is 0 Å². The van der Waals surface area contributed by atoms with Gasteiger partial charge in [-0.15, -0.1) is 0 Å². The molecule has 0 atom stereocenters. The van der Waals surface area contributed by atoms with E-state index in [0.717, 1.165) is 11.4 Å². The third kappa shape index (κ3) is 2.10. The average Bonchev–Trinajstić information content (AvgIpc) is 2.61. The first-order valence-electron chi connectivity index (χ1n) is 7.34. The Morgan fingerprint density at radius 1 is 0.545 bits per heavy atom. The van der Waals surface area contributed by atoms with Crippen LogP contribution >= 0.6 is 0 Å². The Hall–Kier alpha value is -2.84. The monoisotopic (exact) mass is 284 g/mol. The van der Waals surface area contributed by atoms with Crippen LogP contribution in [0.15, 0.2) is 84.9 Å². The van der Waals surface area contributed by atoms with Gasteiger partial charge < -0.3 is 0 Å². The molecular formula is C20H16N2. The van der Waals surface area contributed by atoms with Gasteiger partial charge in [-0.25, -0.2) is 5.84 Å². The number of anilines is 2. The van der Waals surface area contributed by atoms with Crippen molar-refractivity contribution in [1.29, 1.82) is 0 Å². The molecule has 0 saturated heterocycles. The lowest BCUT2D eigenvalue weighted by Gasteiger charge is -2.19. The molecule has 4 rings (SSSR count). The summed E-state index contributed by atoms with van der Waals surface area (Å²) in [6, 6.07) is 29.1. The molecule has 0 amide bonds. The minimum absolute atomic E-state index is 0.974. The van der Waals surface area contributed by atoms with E-state index in [1.54, 1.807) is 5.01 Å². The van der Waals surface area contributed by atoms with Crippen molar-refractivity contribution in [2.75, 3.05) is 5.01 Å². The van der Waals surface area contributed by atoms with Gasteiger partial charge in [0.05, 0.1) is 11.4 Å². The summed E-state index contributed by atoms with van der Waals surface area (Å²) in [5.41, 5.74) is 1.96. The number of benzene rings is 4. The molecule has 0 fully saturated rings. The molecule has 2 N–H and O–H groups in total. The third-order valence-electron chi connectivity index (χ3n) is 4.04. The molecule has 22 heavy (non-hydrogen) atoms. The Balaban J connectivity index is 1.91. The van der Waals surface area contributed by atoms with Crippen LogP contribution in [0, 0.1) is 0 Å². The molecule has 4 aromatic carbocycles. The molecule has 2 nitrogen and oxygen atoms in total. The Labute approximate surface area is 129 Å². The molecule has 0 spiro atoms. The van der Waals surface area contributed by atoms with Crippen molar-refractivity contribution < 1.29 is 0 Å². The van der Waals surface area contributed by atoms with Crippen molar-refractivity contribution >= 4 is 32.9 Å². The third-order valence-corrected chi connectivity index (χ3v) is 4.04. The normalized spacial score (nSPS) is 11.0. The fourth-order valence-electron chi connectivity index (χ4n) is 2.88. The Morgan fingerprint density at radius 3 is 2.00 bits per heavy atom. The number of para-hydroxylation sites is 1. The molecule has 0 aliphatic rings. The molecular weight excluding hydrogens is 268 g/mol. The maximum atomic E-state index is 6.28. The van der Waals surface area contributed by atoms with E-state index in [9.17, 15) is 0 Å². The molecule has 0 radical (unpaired) electrons. The van der Waals surface area contributed by atoms with Crippen molar-refractivity contribution in [2.24, 2.45) is 5.84 Å². The van der Waals surface area contributed by atoms with Gasteiger partial charge in [0, 0.05) is 0 Å². The second-order valence-corrected chi connectivity index (χ2v) is 5.40. The molecule has 0 bridgehead atoms. The van der Waals surface area contributed by atoms with Gasteiger partial charge in [-0.05, 0) is 45.8 Å². The van der Waals surface area contributed by atoms with Crippen molar-refractivity contribution in [3.8, 4) is 0 Å². The first-order chi connectivity index (χ1) is 10.8. The number of fused-ring (bicyclic) bond motifs is 3. The van der Waals surface area contributed by atoms with Crippen LogP contribution in [0.5, 0.6) is 0 Å². The van der Waals surface area contributed by atoms with Gasteiger partial charge >= 0.3 is 0 Å². The maximum Gasteiger partial charge on any atom is 0.0581 e. The smallest absolute Gasteiger partial charge is 0.0581 e. The van der Waals surface area contributed by atoms with Crippen molar-refractivity contribution in [3.63, 3.8) is 0 Å². The van der Waals surface area contributed by atoms with Crippen molar-refractivity contribution in [3.05, 3.63) is 84.9 Å². The highest BCUT2D eigenvalue weighted by Gasteiger charge is 2.07. The molecule has 0 unspecified atom stereocenters. The van der Waals surface area contributed by atoms with E-state index < -0.39 is 0 Å². The Morgan fingerprint density at radius 2 is 1.18 bits per heavy atom. The Bertz CT molecular complexity index is 945. The fourth-order valence-corrected chi connectivity index (χ4v) is 2.88. The average molecular weight is 284 g/mol. The predicted octanol–water partition coefficient (Wildman–Crippen LogP) is 5.00. The van der Waals surface area contributed by atoms with Crippen LogP contribution < -0.4 is 10.9 Å². The highest BCUT2D eigenvalue weighted by molar-refractivity contribution is 6.08. The Kier molecular flexibility index (Phi) is 3.02. The van der Waals surface area contributed by atoms with Crippen LogP contribution in [0.4, 0.5) is 11.4 Å². The van der Waals surface area contributed by atoms with E-state index in [0.29, 0.717) is 0 Å². The summed E-state index contributed by atoms with van der Waals surface area (Å²) in [6.45, 7) is 0. The van der Waals surface area contributed by atoms with E-state index in [1.807, 2.05) is 30.3 Å². The molecule has 106 valence electrons. The highest BCUT2D eigenvalue weighted by Crippen LogP contribution is 2.30. The summed E-state index contributed by atoms with van der Waals surface area (Å²) in [7, 11) is 0. The first kappa shape index (κ1) is 12.9. The predicted molar refractivity (Wildman–Crippen MR) is 94.2 cm³/mol. The summed E-state index contributed by atoms with van der Waals surface area (Å²) < 4.78 is 0. The molecule has 0 aromatic heterocycles. The van der Waals surface area contributed by atoms with Crippen molar-refractivity contribution in [1.82, 2.24) is 0 Å². The van der Waals surface area contributed by atoms with E-state index >= 15 is 0 Å². The van der Waals surface area contributed by atoms with Crippen LogP contribution in [-0.2, 0) is 0 Å². The lowest BCUT2D eigenvalue weighted by Crippen LogP contribution is -2.24. The molecule has 0 aliphatic heterocycles. The highest BCUT2D eigenvalue weighted by atomic mass is 15.4. The summed E-state index contributed by atoms with van der Waals surface area (Å²) in [6.07, 6.45) is 0. The van der Waals surface area contributed by atoms with Gasteiger partial charge in [-0.3, -0.25) is 5.01 Å². The summed E-state index contributed by atoms with van der Waals surface area (Å²) in [4.78, 5) is 0. The van der Waals surface area contributed by atoms with Crippen LogP contribution in [0.2, 0.25) is 0 Å². The summed E-state index contributed by atoms with van der Waals surface area (Å²) >= 11 is 0.